The van der Waals surface area contributed by atoms with Gasteiger partial charge in [0, 0.05) is 20.8 Å². The van der Waals surface area contributed by atoms with Gasteiger partial charge in [0.2, 0.25) is 5.91 Å². The molecule has 0 saturated heterocycles. The summed E-state index contributed by atoms with van der Waals surface area (Å²) in [5, 5.41) is 12.2. The average Bonchev–Trinajstić information content (AvgIpc) is 2.42. The lowest BCUT2D eigenvalue weighted by molar-refractivity contribution is -0.129. The van der Waals surface area contributed by atoms with Crippen molar-refractivity contribution in [1.29, 1.82) is 5.26 Å². The van der Waals surface area contributed by atoms with Gasteiger partial charge in [0.05, 0.1) is 18.8 Å². The molecule has 0 aromatic rings. The lowest BCUT2D eigenvalue weighted by Gasteiger charge is -2.25. The van der Waals surface area contributed by atoms with Crippen molar-refractivity contribution < 1.29 is 14.3 Å². The minimum absolute atomic E-state index is 0.186. The van der Waals surface area contributed by atoms with Crippen LogP contribution in [0.2, 0.25) is 0 Å². The Kier molecular flexibility index (Phi) is 9.19. The van der Waals surface area contributed by atoms with E-state index in [1.807, 2.05) is 13.8 Å². The fraction of sp³-hybridized carbons (Fsp3) is 0.857. The number of ether oxygens (including phenoxy) is 2. The summed E-state index contributed by atoms with van der Waals surface area (Å²) in [4.78, 5) is 12.3. The van der Waals surface area contributed by atoms with E-state index in [2.05, 4.69) is 11.4 Å². The summed E-state index contributed by atoms with van der Waals surface area (Å²) in [5.74, 6) is -0.197. The minimum atomic E-state index is -0.908. The van der Waals surface area contributed by atoms with E-state index in [9.17, 15) is 10.1 Å². The lowest BCUT2D eigenvalue weighted by atomic mass is 9.80. The Labute approximate surface area is 116 Å². The Bertz CT molecular complexity index is 294. The van der Waals surface area contributed by atoms with Crippen LogP contribution in [0.5, 0.6) is 0 Å². The first-order valence-corrected chi connectivity index (χ1v) is 6.81. The second-order valence-corrected chi connectivity index (χ2v) is 4.72. The van der Waals surface area contributed by atoms with Gasteiger partial charge in [0.15, 0.2) is 0 Å². The number of amides is 1. The van der Waals surface area contributed by atoms with E-state index in [1.165, 1.54) is 0 Å². The standard InChI is InChI=1S/C14H26N2O3/c1-5-7-14(11-15,8-6-2)13(17)16-9-12(19-4)10-18-3/h12H,5-10H2,1-4H3,(H,16,17). The van der Waals surface area contributed by atoms with Gasteiger partial charge in [0.25, 0.3) is 0 Å². The van der Waals surface area contributed by atoms with Gasteiger partial charge in [-0.3, -0.25) is 4.79 Å². The number of carbonyl (C=O) groups excluding carboxylic acids is 1. The first kappa shape index (κ1) is 17.9. The van der Waals surface area contributed by atoms with Crippen LogP contribution in [0, 0.1) is 16.7 Å². The molecule has 5 nitrogen and oxygen atoms in total. The molecule has 0 aliphatic heterocycles. The summed E-state index contributed by atoms with van der Waals surface area (Å²) in [7, 11) is 3.16. The van der Waals surface area contributed by atoms with Gasteiger partial charge in [-0.25, -0.2) is 0 Å². The zero-order chi connectivity index (χ0) is 14.7. The minimum Gasteiger partial charge on any atom is -0.382 e. The van der Waals surface area contributed by atoms with E-state index >= 15 is 0 Å². The average molecular weight is 270 g/mol. The quantitative estimate of drug-likeness (QED) is 0.658. The van der Waals surface area contributed by atoms with Crippen molar-refractivity contribution in [2.24, 2.45) is 5.41 Å². The molecule has 0 aliphatic carbocycles. The van der Waals surface area contributed by atoms with Crippen molar-refractivity contribution in [3.63, 3.8) is 0 Å². The Morgan fingerprint density at radius 3 is 2.26 bits per heavy atom. The van der Waals surface area contributed by atoms with Gasteiger partial charge in [-0.1, -0.05) is 26.7 Å². The van der Waals surface area contributed by atoms with Gasteiger partial charge in [-0.2, -0.15) is 5.26 Å². The fourth-order valence-electron chi connectivity index (χ4n) is 2.14. The highest BCUT2D eigenvalue weighted by Gasteiger charge is 2.36. The number of carbonyl (C=O) groups is 1. The molecule has 1 amide bonds. The van der Waals surface area contributed by atoms with Crippen LogP contribution in [-0.2, 0) is 14.3 Å². The molecule has 0 aliphatic rings. The maximum atomic E-state index is 12.3. The van der Waals surface area contributed by atoms with Gasteiger partial charge >= 0.3 is 0 Å². The highest BCUT2D eigenvalue weighted by molar-refractivity contribution is 5.85. The van der Waals surface area contributed by atoms with Crippen molar-refractivity contribution in [1.82, 2.24) is 5.32 Å². The first-order chi connectivity index (χ1) is 9.10. The van der Waals surface area contributed by atoms with E-state index in [0.717, 1.165) is 12.8 Å². The summed E-state index contributed by atoms with van der Waals surface area (Å²) in [6.45, 7) is 4.74. The van der Waals surface area contributed by atoms with Crippen LogP contribution in [0.15, 0.2) is 0 Å². The molecule has 0 rings (SSSR count). The molecule has 110 valence electrons. The smallest absolute Gasteiger partial charge is 0.240 e. The molecule has 0 bridgehead atoms. The van der Waals surface area contributed by atoms with Crippen molar-refractivity contribution in [2.75, 3.05) is 27.4 Å². The van der Waals surface area contributed by atoms with Crippen LogP contribution in [0.4, 0.5) is 0 Å². The summed E-state index contributed by atoms with van der Waals surface area (Å²) in [5.41, 5.74) is -0.908. The van der Waals surface area contributed by atoms with E-state index in [0.29, 0.717) is 26.0 Å². The zero-order valence-electron chi connectivity index (χ0n) is 12.5. The van der Waals surface area contributed by atoms with Crippen LogP contribution in [0.25, 0.3) is 0 Å². The molecule has 0 saturated carbocycles. The number of nitrogens with zero attached hydrogens (tertiary/aromatic N) is 1. The Balaban J connectivity index is 4.60. The number of hydrogen-bond donors (Lipinski definition) is 1. The molecule has 0 fully saturated rings. The summed E-state index contributed by atoms with van der Waals surface area (Å²) in [6.07, 6.45) is 2.61. The third-order valence-corrected chi connectivity index (χ3v) is 3.18. The van der Waals surface area contributed by atoms with Crippen LogP contribution < -0.4 is 5.32 Å². The molecule has 19 heavy (non-hydrogen) atoms. The van der Waals surface area contributed by atoms with E-state index in [4.69, 9.17) is 9.47 Å². The Hall–Kier alpha value is -1.12. The number of rotatable bonds is 10. The Morgan fingerprint density at radius 2 is 1.89 bits per heavy atom. The van der Waals surface area contributed by atoms with Gasteiger partial charge < -0.3 is 14.8 Å². The zero-order valence-corrected chi connectivity index (χ0v) is 12.5. The largest absolute Gasteiger partial charge is 0.382 e. The Morgan fingerprint density at radius 1 is 1.32 bits per heavy atom. The maximum Gasteiger partial charge on any atom is 0.240 e. The summed E-state index contributed by atoms with van der Waals surface area (Å²) in [6, 6.07) is 2.21. The van der Waals surface area contributed by atoms with Crippen LogP contribution >= 0.6 is 0 Å². The number of nitrogens with one attached hydrogen (secondary N) is 1. The van der Waals surface area contributed by atoms with Crippen molar-refractivity contribution in [3.8, 4) is 6.07 Å². The molecular weight excluding hydrogens is 244 g/mol. The van der Waals surface area contributed by atoms with Gasteiger partial charge in [-0.05, 0) is 12.8 Å². The molecule has 1 unspecified atom stereocenters. The molecule has 0 spiro atoms. The normalized spacial score (nSPS) is 12.8. The first-order valence-electron chi connectivity index (χ1n) is 6.81. The maximum absolute atomic E-state index is 12.3. The summed E-state index contributed by atoms with van der Waals surface area (Å²) < 4.78 is 10.2. The molecular formula is C14H26N2O3. The molecule has 5 heteroatoms. The van der Waals surface area contributed by atoms with Crippen LogP contribution in [-0.4, -0.2) is 39.4 Å². The molecule has 1 atom stereocenters. The SMILES string of the molecule is CCCC(C#N)(CCC)C(=O)NCC(COC)OC. The predicted molar refractivity (Wildman–Crippen MR) is 73.5 cm³/mol. The highest BCUT2D eigenvalue weighted by atomic mass is 16.5. The van der Waals surface area contributed by atoms with Crippen molar-refractivity contribution in [2.45, 2.75) is 45.6 Å². The molecule has 0 aromatic carbocycles. The van der Waals surface area contributed by atoms with Crippen LogP contribution in [0.3, 0.4) is 0 Å². The van der Waals surface area contributed by atoms with E-state index in [-0.39, 0.29) is 12.0 Å². The molecule has 1 N–H and O–H groups in total. The van der Waals surface area contributed by atoms with E-state index in [1.54, 1.807) is 14.2 Å². The van der Waals surface area contributed by atoms with E-state index < -0.39 is 5.41 Å². The number of hydrogen-bond acceptors (Lipinski definition) is 4. The molecule has 0 heterocycles. The second kappa shape index (κ2) is 9.76. The topological polar surface area (TPSA) is 71.4 Å². The lowest BCUT2D eigenvalue weighted by Crippen LogP contribution is -2.44. The molecule has 0 radical (unpaired) electrons. The molecule has 0 aromatic heterocycles. The third-order valence-electron chi connectivity index (χ3n) is 3.18. The third kappa shape index (κ3) is 5.58. The van der Waals surface area contributed by atoms with Crippen LogP contribution in [0.1, 0.15) is 39.5 Å². The van der Waals surface area contributed by atoms with Gasteiger partial charge in [0.1, 0.15) is 5.41 Å². The fourth-order valence-corrected chi connectivity index (χ4v) is 2.14. The van der Waals surface area contributed by atoms with Crippen molar-refractivity contribution in [3.05, 3.63) is 0 Å². The monoisotopic (exact) mass is 270 g/mol. The van der Waals surface area contributed by atoms with Gasteiger partial charge in [-0.15, -0.1) is 0 Å². The second-order valence-electron chi connectivity index (χ2n) is 4.72. The number of methoxy groups -OCH3 is 2. The number of nitriles is 1. The highest BCUT2D eigenvalue weighted by Crippen LogP contribution is 2.29. The predicted octanol–water partition coefficient (Wildman–Crippen LogP) is 1.87. The summed E-state index contributed by atoms with van der Waals surface area (Å²) >= 11 is 0. The van der Waals surface area contributed by atoms with Crippen molar-refractivity contribution >= 4 is 5.91 Å².